The minimum Gasteiger partial charge on any atom is -0.348 e. The van der Waals surface area contributed by atoms with E-state index in [9.17, 15) is 18.8 Å². The van der Waals surface area contributed by atoms with E-state index in [1.54, 1.807) is 16.8 Å². The standard InChI is InChI=1S/C41H44FN7O3/c1-26-21-34-37(43-23-26)48(33-8-6-7-29(22-33)28-11-9-27(10-12-28)19-20-46(5)41(2,3)4)40(52)49(39(34)51)32-16-14-31(15-17-32)44-38(50)35-25-47-24-30(42)13-18-36(47)45-35/h6-13,18,21-25,31-32H,14-17,19-20H2,1-5H3,(H,44,50). The average molecular weight is 702 g/mol. The van der Waals surface area contributed by atoms with Gasteiger partial charge < -0.3 is 14.6 Å². The number of fused-ring (bicyclic) bond motifs is 2. The highest BCUT2D eigenvalue weighted by Crippen LogP contribution is 2.29. The monoisotopic (exact) mass is 701 g/mol. The zero-order chi connectivity index (χ0) is 36.7. The highest BCUT2D eigenvalue weighted by Gasteiger charge is 2.28. The largest absolute Gasteiger partial charge is 0.348 e. The van der Waals surface area contributed by atoms with Crippen molar-refractivity contribution in [3.05, 3.63) is 129 Å². The van der Waals surface area contributed by atoms with Crippen molar-refractivity contribution in [2.24, 2.45) is 0 Å². The fourth-order valence-corrected chi connectivity index (χ4v) is 7.00. The quantitative estimate of drug-likeness (QED) is 0.194. The van der Waals surface area contributed by atoms with Gasteiger partial charge >= 0.3 is 5.69 Å². The van der Waals surface area contributed by atoms with Gasteiger partial charge in [-0.25, -0.2) is 23.7 Å². The molecule has 0 spiro atoms. The summed E-state index contributed by atoms with van der Waals surface area (Å²) >= 11 is 0. The summed E-state index contributed by atoms with van der Waals surface area (Å²) < 4.78 is 18.1. The third-order valence-corrected chi connectivity index (χ3v) is 10.4. The molecular weight excluding hydrogens is 657 g/mol. The third kappa shape index (κ3) is 7.05. The molecule has 0 saturated heterocycles. The Bertz CT molecular complexity index is 2400. The van der Waals surface area contributed by atoms with Crippen LogP contribution in [0.3, 0.4) is 0 Å². The summed E-state index contributed by atoms with van der Waals surface area (Å²) in [7, 11) is 2.15. The summed E-state index contributed by atoms with van der Waals surface area (Å²) in [6, 6.07) is 20.4. The number of rotatable bonds is 8. The summed E-state index contributed by atoms with van der Waals surface area (Å²) in [6.07, 6.45) is 7.61. The maximum Gasteiger partial charge on any atom is 0.337 e. The maximum absolute atomic E-state index is 14.4. The lowest BCUT2D eigenvalue weighted by Gasteiger charge is -2.31. The number of likely N-dealkylation sites (N-methyl/N-ethyl adjacent to an activating group) is 1. The molecule has 1 saturated carbocycles. The Morgan fingerprint density at radius 3 is 2.44 bits per heavy atom. The number of imidazole rings is 1. The second kappa shape index (κ2) is 14.0. The van der Waals surface area contributed by atoms with E-state index in [0.717, 1.165) is 29.7 Å². The van der Waals surface area contributed by atoms with E-state index in [-0.39, 0.29) is 34.8 Å². The predicted octanol–water partition coefficient (Wildman–Crippen LogP) is 6.50. The number of amides is 1. The summed E-state index contributed by atoms with van der Waals surface area (Å²) in [5.74, 6) is -0.764. The molecule has 6 aromatic rings. The number of carbonyl (C=O) groups excluding carboxylic acids is 1. The number of nitrogens with one attached hydrogen (secondary N) is 1. The molecule has 0 radical (unpaired) electrons. The van der Waals surface area contributed by atoms with Gasteiger partial charge in [0, 0.05) is 42.8 Å². The van der Waals surface area contributed by atoms with Crippen LogP contribution in [0.4, 0.5) is 4.39 Å². The van der Waals surface area contributed by atoms with Crippen LogP contribution in [-0.2, 0) is 6.42 Å². The number of pyridine rings is 2. The Morgan fingerprint density at radius 2 is 1.71 bits per heavy atom. The number of benzene rings is 2. The summed E-state index contributed by atoms with van der Waals surface area (Å²) in [5.41, 5.74) is 5.00. The van der Waals surface area contributed by atoms with Crippen LogP contribution >= 0.6 is 0 Å². The molecule has 4 heterocycles. The molecule has 0 unspecified atom stereocenters. The van der Waals surface area contributed by atoms with Gasteiger partial charge in [0.2, 0.25) is 0 Å². The Balaban J connectivity index is 1.14. The van der Waals surface area contributed by atoms with Gasteiger partial charge in [0.15, 0.2) is 5.65 Å². The second-order valence-electron chi connectivity index (χ2n) is 15.0. The molecule has 4 aromatic heterocycles. The lowest BCUT2D eigenvalue weighted by atomic mass is 9.90. The van der Waals surface area contributed by atoms with E-state index in [4.69, 9.17) is 0 Å². The van der Waals surface area contributed by atoms with E-state index in [1.807, 2.05) is 31.2 Å². The summed E-state index contributed by atoms with van der Waals surface area (Å²) in [6.45, 7) is 9.48. The molecule has 7 rings (SSSR count). The van der Waals surface area contributed by atoms with Crippen LogP contribution in [0.15, 0.2) is 94.9 Å². The van der Waals surface area contributed by atoms with Gasteiger partial charge in [0.25, 0.3) is 11.5 Å². The van der Waals surface area contributed by atoms with Crippen LogP contribution in [0, 0.1) is 12.7 Å². The molecule has 1 N–H and O–H groups in total. The molecule has 1 aliphatic carbocycles. The minimum atomic E-state index is -0.436. The SMILES string of the molecule is Cc1cnc2c(c1)c(=O)n(C1CCC(NC(=O)c3cn4cc(F)ccc4n3)CC1)c(=O)n2-c1cccc(-c2ccc(CCN(C)C(C)(C)C)cc2)c1. The van der Waals surface area contributed by atoms with Crippen LogP contribution in [0.2, 0.25) is 0 Å². The van der Waals surface area contributed by atoms with Crippen molar-refractivity contribution < 1.29 is 9.18 Å². The number of aromatic nitrogens is 5. The van der Waals surface area contributed by atoms with Crippen LogP contribution < -0.4 is 16.6 Å². The highest BCUT2D eigenvalue weighted by molar-refractivity contribution is 5.93. The van der Waals surface area contributed by atoms with Gasteiger partial charge in [-0.3, -0.25) is 14.2 Å². The Kier molecular flexibility index (Phi) is 9.39. The first kappa shape index (κ1) is 35.0. The molecule has 0 aliphatic heterocycles. The van der Waals surface area contributed by atoms with Gasteiger partial charge in [0.1, 0.15) is 17.2 Å². The van der Waals surface area contributed by atoms with E-state index >= 15 is 0 Å². The van der Waals surface area contributed by atoms with Crippen LogP contribution in [0.5, 0.6) is 0 Å². The van der Waals surface area contributed by atoms with E-state index in [2.05, 4.69) is 72.3 Å². The lowest BCUT2D eigenvalue weighted by molar-refractivity contribution is 0.0917. The van der Waals surface area contributed by atoms with Gasteiger partial charge in [-0.05, 0) is 119 Å². The number of carbonyl (C=O) groups is 1. The maximum atomic E-state index is 14.4. The zero-order valence-corrected chi connectivity index (χ0v) is 30.3. The Morgan fingerprint density at radius 1 is 0.962 bits per heavy atom. The van der Waals surface area contributed by atoms with E-state index in [1.165, 1.54) is 39.1 Å². The van der Waals surface area contributed by atoms with Crippen molar-refractivity contribution in [3.63, 3.8) is 0 Å². The molecule has 52 heavy (non-hydrogen) atoms. The molecular formula is C41H44FN7O3. The zero-order valence-electron chi connectivity index (χ0n) is 30.3. The molecule has 0 bridgehead atoms. The van der Waals surface area contributed by atoms with Crippen LogP contribution in [0.1, 0.15) is 74.1 Å². The summed E-state index contributed by atoms with van der Waals surface area (Å²) in [4.78, 5) is 52.7. The van der Waals surface area contributed by atoms with Crippen molar-refractivity contribution in [3.8, 4) is 16.8 Å². The van der Waals surface area contributed by atoms with Crippen LogP contribution in [-0.4, -0.2) is 59.5 Å². The average Bonchev–Trinajstić information content (AvgIpc) is 3.55. The first-order valence-corrected chi connectivity index (χ1v) is 17.9. The predicted molar refractivity (Wildman–Crippen MR) is 202 cm³/mol. The topological polar surface area (TPSA) is 107 Å². The van der Waals surface area contributed by atoms with Crippen LogP contribution in [0.25, 0.3) is 33.5 Å². The summed E-state index contributed by atoms with van der Waals surface area (Å²) in [5, 5.41) is 3.42. The number of aryl methyl sites for hydroxylation is 1. The fraction of sp³-hybridized carbons (Fsp3) is 0.341. The molecule has 1 aliphatic rings. The van der Waals surface area contributed by atoms with Gasteiger partial charge in [-0.1, -0.05) is 36.4 Å². The first-order valence-electron chi connectivity index (χ1n) is 17.9. The second-order valence-corrected chi connectivity index (χ2v) is 15.0. The Hall–Kier alpha value is -5.42. The number of hydrogen-bond donors (Lipinski definition) is 1. The van der Waals surface area contributed by atoms with Crippen molar-refractivity contribution in [2.75, 3.05) is 13.6 Å². The number of halogens is 1. The highest BCUT2D eigenvalue weighted by atomic mass is 19.1. The van der Waals surface area contributed by atoms with Gasteiger partial charge in [-0.15, -0.1) is 0 Å². The molecule has 11 heteroatoms. The van der Waals surface area contributed by atoms with Crippen molar-refractivity contribution in [1.29, 1.82) is 0 Å². The number of nitrogens with zero attached hydrogens (tertiary/aromatic N) is 6. The third-order valence-electron chi connectivity index (χ3n) is 10.4. The normalized spacial score (nSPS) is 16.5. The van der Waals surface area contributed by atoms with Crippen molar-refractivity contribution >= 4 is 22.6 Å². The first-order chi connectivity index (χ1) is 24.9. The minimum absolute atomic E-state index is 0.109. The molecule has 0 atom stereocenters. The molecule has 1 amide bonds. The molecule has 1 fully saturated rings. The van der Waals surface area contributed by atoms with Gasteiger partial charge in [0.05, 0.1) is 11.1 Å². The van der Waals surface area contributed by atoms with Gasteiger partial charge in [-0.2, -0.15) is 0 Å². The molecule has 268 valence electrons. The molecule has 2 aromatic carbocycles. The molecule has 10 nitrogen and oxygen atoms in total. The number of hydrogen-bond acceptors (Lipinski definition) is 6. The van der Waals surface area contributed by atoms with Crippen molar-refractivity contribution in [2.45, 2.75) is 77.4 Å². The fourth-order valence-electron chi connectivity index (χ4n) is 7.00. The van der Waals surface area contributed by atoms with E-state index < -0.39 is 11.5 Å². The smallest absolute Gasteiger partial charge is 0.337 e. The Labute approximate surface area is 301 Å². The van der Waals surface area contributed by atoms with E-state index in [0.29, 0.717) is 48.1 Å². The van der Waals surface area contributed by atoms with Crippen molar-refractivity contribution in [1.82, 2.24) is 33.7 Å². The lowest BCUT2D eigenvalue weighted by Crippen LogP contribution is -2.45.